The Kier molecular flexibility index (Phi) is 9.86. The van der Waals surface area contributed by atoms with Crippen LogP contribution in [-0.4, -0.2) is 19.8 Å². The summed E-state index contributed by atoms with van der Waals surface area (Å²) in [6, 6.07) is 10.9. The highest BCUT2D eigenvalue weighted by Crippen LogP contribution is 2.36. The van der Waals surface area contributed by atoms with Crippen molar-refractivity contribution >= 4 is 28.3 Å². The Hall–Kier alpha value is -1.30. The van der Waals surface area contributed by atoms with Crippen molar-refractivity contribution in [3.05, 3.63) is 57.8 Å². The SMILES string of the molecule is CCOc1cc(CNCCc2ccccc2F)cc(Br)c1OCC.Cl. The minimum absolute atomic E-state index is 0. The predicted octanol–water partition coefficient (Wildman–Crippen LogP) is 5.14. The van der Waals surface area contributed by atoms with Crippen molar-refractivity contribution in [1.82, 2.24) is 5.32 Å². The van der Waals surface area contributed by atoms with Gasteiger partial charge in [-0.1, -0.05) is 18.2 Å². The first kappa shape index (κ1) is 21.7. The minimum atomic E-state index is -0.151. The first-order chi connectivity index (χ1) is 11.7. The average molecular weight is 433 g/mol. The summed E-state index contributed by atoms with van der Waals surface area (Å²) in [5.74, 6) is 1.32. The van der Waals surface area contributed by atoms with Crippen LogP contribution in [0.15, 0.2) is 40.9 Å². The third kappa shape index (κ3) is 6.49. The van der Waals surface area contributed by atoms with E-state index in [1.807, 2.05) is 38.1 Å². The molecule has 0 saturated carbocycles. The van der Waals surface area contributed by atoms with Crippen LogP contribution in [0.3, 0.4) is 0 Å². The summed E-state index contributed by atoms with van der Waals surface area (Å²) in [6.45, 7) is 6.44. The molecule has 1 N–H and O–H groups in total. The van der Waals surface area contributed by atoms with E-state index < -0.39 is 0 Å². The molecule has 25 heavy (non-hydrogen) atoms. The van der Waals surface area contributed by atoms with Crippen molar-refractivity contribution in [3.63, 3.8) is 0 Å². The molecular weight excluding hydrogens is 409 g/mol. The van der Waals surface area contributed by atoms with E-state index in [9.17, 15) is 4.39 Å². The average Bonchev–Trinajstić information content (AvgIpc) is 2.56. The van der Waals surface area contributed by atoms with Gasteiger partial charge in [0.25, 0.3) is 0 Å². The standard InChI is InChI=1S/C19H23BrFNO2.ClH/c1-3-23-18-12-14(11-16(20)19(18)24-4-2)13-22-10-9-15-7-5-6-8-17(15)21;/h5-8,11-12,22H,3-4,9-10,13H2,1-2H3;1H. The number of ether oxygens (including phenoxy) is 2. The molecule has 3 nitrogen and oxygen atoms in total. The van der Waals surface area contributed by atoms with Gasteiger partial charge in [0, 0.05) is 6.54 Å². The molecule has 6 heteroatoms. The van der Waals surface area contributed by atoms with Crippen molar-refractivity contribution in [1.29, 1.82) is 0 Å². The van der Waals surface area contributed by atoms with Crippen LogP contribution in [0, 0.1) is 5.82 Å². The maximum absolute atomic E-state index is 13.6. The monoisotopic (exact) mass is 431 g/mol. The second-order valence-corrected chi connectivity index (χ2v) is 6.14. The lowest BCUT2D eigenvalue weighted by atomic mass is 10.1. The van der Waals surface area contributed by atoms with Crippen LogP contribution in [0.25, 0.3) is 0 Å². The molecule has 0 saturated heterocycles. The molecule has 0 bridgehead atoms. The lowest BCUT2D eigenvalue weighted by molar-refractivity contribution is 0.286. The van der Waals surface area contributed by atoms with E-state index in [2.05, 4.69) is 21.2 Å². The van der Waals surface area contributed by atoms with E-state index in [-0.39, 0.29) is 18.2 Å². The highest BCUT2D eigenvalue weighted by Gasteiger charge is 2.11. The third-order valence-corrected chi connectivity index (χ3v) is 4.10. The smallest absolute Gasteiger partial charge is 0.175 e. The zero-order valence-corrected chi connectivity index (χ0v) is 16.9. The van der Waals surface area contributed by atoms with Gasteiger partial charge in [-0.15, -0.1) is 12.4 Å². The topological polar surface area (TPSA) is 30.5 Å². The summed E-state index contributed by atoms with van der Waals surface area (Å²) in [5, 5.41) is 3.34. The van der Waals surface area contributed by atoms with Gasteiger partial charge >= 0.3 is 0 Å². The Bertz CT molecular complexity index is 670. The zero-order valence-electron chi connectivity index (χ0n) is 14.5. The van der Waals surface area contributed by atoms with Gasteiger partial charge in [0.1, 0.15) is 5.82 Å². The van der Waals surface area contributed by atoms with Gasteiger partial charge < -0.3 is 14.8 Å². The van der Waals surface area contributed by atoms with Gasteiger partial charge in [-0.25, -0.2) is 4.39 Å². The number of hydrogen-bond acceptors (Lipinski definition) is 3. The first-order valence-corrected chi connectivity index (χ1v) is 8.97. The van der Waals surface area contributed by atoms with Gasteiger partial charge in [-0.3, -0.25) is 0 Å². The summed E-state index contributed by atoms with van der Waals surface area (Å²) in [6.07, 6.45) is 0.656. The van der Waals surface area contributed by atoms with E-state index >= 15 is 0 Å². The molecule has 2 aromatic rings. The molecule has 0 atom stereocenters. The molecule has 0 amide bonds. The Morgan fingerprint density at radius 1 is 1.08 bits per heavy atom. The minimum Gasteiger partial charge on any atom is -0.490 e. The highest BCUT2D eigenvalue weighted by atomic mass is 79.9. The van der Waals surface area contributed by atoms with Crippen molar-refractivity contribution in [2.45, 2.75) is 26.8 Å². The highest BCUT2D eigenvalue weighted by molar-refractivity contribution is 9.10. The fourth-order valence-corrected chi connectivity index (χ4v) is 3.03. The number of benzene rings is 2. The first-order valence-electron chi connectivity index (χ1n) is 8.17. The molecule has 0 spiro atoms. The molecule has 0 fully saturated rings. The largest absolute Gasteiger partial charge is 0.490 e. The van der Waals surface area contributed by atoms with Crippen LogP contribution in [0.2, 0.25) is 0 Å². The molecule has 0 aromatic heterocycles. The lowest BCUT2D eigenvalue weighted by Gasteiger charge is -2.15. The fraction of sp³-hybridized carbons (Fsp3) is 0.368. The van der Waals surface area contributed by atoms with Gasteiger partial charge in [0.2, 0.25) is 0 Å². The Morgan fingerprint density at radius 3 is 2.48 bits per heavy atom. The summed E-state index contributed by atoms with van der Waals surface area (Å²) in [7, 11) is 0. The zero-order chi connectivity index (χ0) is 17.4. The summed E-state index contributed by atoms with van der Waals surface area (Å²) in [5.41, 5.74) is 1.81. The van der Waals surface area contributed by atoms with E-state index in [1.165, 1.54) is 6.07 Å². The molecular formula is C19H24BrClFNO2. The van der Waals surface area contributed by atoms with Crippen LogP contribution in [0.1, 0.15) is 25.0 Å². The molecule has 0 unspecified atom stereocenters. The van der Waals surface area contributed by atoms with Gasteiger partial charge in [-0.05, 0) is 72.1 Å². The second-order valence-electron chi connectivity index (χ2n) is 5.29. The lowest BCUT2D eigenvalue weighted by Crippen LogP contribution is -2.17. The predicted molar refractivity (Wildman–Crippen MR) is 106 cm³/mol. The van der Waals surface area contributed by atoms with Crippen molar-refractivity contribution in [2.75, 3.05) is 19.8 Å². The molecule has 2 rings (SSSR count). The molecule has 0 radical (unpaired) electrons. The number of hydrogen-bond donors (Lipinski definition) is 1. The molecule has 2 aromatic carbocycles. The number of rotatable bonds is 9. The van der Waals surface area contributed by atoms with Crippen LogP contribution in [0.5, 0.6) is 11.5 Å². The van der Waals surface area contributed by atoms with Crippen LogP contribution >= 0.6 is 28.3 Å². The molecule has 0 aliphatic rings. The molecule has 0 aliphatic heterocycles. The summed E-state index contributed by atoms with van der Waals surface area (Å²) < 4.78 is 25.8. The van der Waals surface area contributed by atoms with E-state index in [1.54, 1.807) is 6.07 Å². The molecule has 0 aliphatic carbocycles. The maximum Gasteiger partial charge on any atom is 0.175 e. The van der Waals surface area contributed by atoms with E-state index in [4.69, 9.17) is 9.47 Å². The Labute approximate surface area is 163 Å². The van der Waals surface area contributed by atoms with E-state index in [0.29, 0.717) is 32.7 Å². The summed E-state index contributed by atoms with van der Waals surface area (Å²) >= 11 is 3.54. The normalized spacial score (nSPS) is 10.2. The van der Waals surface area contributed by atoms with Crippen LogP contribution in [0.4, 0.5) is 4.39 Å². The summed E-state index contributed by atoms with van der Waals surface area (Å²) in [4.78, 5) is 0. The second kappa shape index (κ2) is 11.3. The van der Waals surface area contributed by atoms with Crippen LogP contribution < -0.4 is 14.8 Å². The Balaban J connectivity index is 0.00000312. The van der Waals surface area contributed by atoms with Crippen molar-refractivity contribution < 1.29 is 13.9 Å². The number of halogens is 3. The van der Waals surface area contributed by atoms with Gasteiger partial charge in [0.05, 0.1) is 17.7 Å². The quantitative estimate of drug-likeness (QED) is 0.557. The fourth-order valence-electron chi connectivity index (χ4n) is 2.43. The van der Waals surface area contributed by atoms with Gasteiger partial charge in [-0.2, -0.15) is 0 Å². The molecule has 0 heterocycles. The van der Waals surface area contributed by atoms with Gasteiger partial charge in [0.15, 0.2) is 11.5 Å². The molecule has 138 valence electrons. The third-order valence-electron chi connectivity index (χ3n) is 3.52. The van der Waals surface area contributed by atoms with Crippen molar-refractivity contribution in [3.8, 4) is 11.5 Å². The van der Waals surface area contributed by atoms with Crippen LogP contribution in [-0.2, 0) is 13.0 Å². The van der Waals surface area contributed by atoms with E-state index in [0.717, 1.165) is 27.1 Å². The van der Waals surface area contributed by atoms with Crippen molar-refractivity contribution in [2.24, 2.45) is 0 Å². The number of nitrogens with one attached hydrogen (secondary N) is 1. The Morgan fingerprint density at radius 2 is 1.80 bits per heavy atom. The maximum atomic E-state index is 13.6.